The lowest BCUT2D eigenvalue weighted by molar-refractivity contribution is 0.243. The molecule has 0 amide bonds. The van der Waals surface area contributed by atoms with E-state index in [0.29, 0.717) is 18.3 Å². The highest BCUT2D eigenvalue weighted by molar-refractivity contribution is 5.47. The van der Waals surface area contributed by atoms with Crippen LogP contribution in [0.1, 0.15) is 12.8 Å². The summed E-state index contributed by atoms with van der Waals surface area (Å²) >= 11 is 0. The van der Waals surface area contributed by atoms with Gasteiger partial charge < -0.3 is 10.4 Å². The smallest absolute Gasteiger partial charge is 0.166 e. The van der Waals surface area contributed by atoms with Gasteiger partial charge in [0.15, 0.2) is 11.6 Å². The minimum atomic E-state index is -0.593. The second kappa shape index (κ2) is 5.74. The van der Waals surface area contributed by atoms with Gasteiger partial charge in [0.2, 0.25) is 0 Å². The maximum absolute atomic E-state index is 13.2. The Hall–Kier alpha value is -1.73. The first kappa shape index (κ1) is 12.7. The standard InChI is InChI=1S/C14H17FN2O/c1-2-7-17-8-5-11(6-9-17)16-12-3-4-14(18)13(15)10-12/h1,3-4,10-11,16,18H,5-9H2. The van der Waals surface area contributed by atoms with Crippen molar-refractivity contribution in [2.45, 2.75) is 18.9 Å². The van der Waals surface area contributed by atoms with Crippen LogP contribution in [0.25, 0.3) is 0 Å². The van der Waals surface area contributed by atoms with Crippen molar-refractivity contribution in [1.29, 1.82) is 0 Å². The van der Waals surface area contributed by atoms with E-state index in [-0.39, 0.29) is 5.75 Å². The average molecular weight is 248 g/mol. The normalized spacial score (nSPS) is 17.3. The van der Waals surface area contributed by atoms with Gasteiger partial charge in [-0.05, 0) is 25.0 Å². The summed E-state index contributed by atoms with van der Waals surface area (Å²) in [4.78, 5) is 2.23. The molecule has 0 unspecified atom stereocenters. The second-order valence-corrected chi connectivity index (χ2v) is 4.57. The van der Waals surface area contributed by atoms with Crippen molar-refractivity contribution in [3.63, 3.8) is 0 Å². The Morgan fingerprint density at radius 1 is 1.44 bits per heavy atom. The number of nitrogens with one attached hydrogen (secondary N) is 1. The van der Waals surface area contributed by atoms with Crippen LogP contribution in [0.3, 0.4) is 0 Å². The molecule has 0 spiro atoms. The van der Waals surface area contributed by atoms with Gasteiger partial charge in [0.05, 0.1) is 6.54 Å². The molecule has 1 fully saturated rings. The lowest BCUT2D eigenvalue weighted by atomic mass is 10.0. The summed E-state index contributed by atoms with van der Waals surface area (Å²) in [7, 11) is 0. The number of hydrogen-bond acceptors (Lipinski definition) is 3. The van der Waals surface area contributed by atoms with Crippen LogP contribution in [0, 0.1) is 18.2 Å². The molecule has 0 saturated carbocycles. The van der Waals surface area contributed by atoms with E-state index in [4.69, 9.17) is 11.5 Å². The molecule has 1 aromatic rings. The zero-order chi connectivity index (χ0) is 13.0. The highest BCUT2D eigenvalue weighted by atomic mass is 19.1. The fourth-order valence-corrected chi connectivity index (χ4v) is 2.20. The molecule has 4 heteroatoms. The minimum absolute atomic E-state index is 0.315. The van der Waals surface area contributed by atoms with Gasteiger partial charge >= 0.3 is 0 Å². The van der Waals surface area contributed by atoms with E-state index in [1.54, 1.807) is 6.07 Å². The molecular weight excluding hydrogens is 231 g/mol. The van der Waals surface area contributed by atoms with Crippen LogP contribution in [0.4, 0.5) is 10.1 Å². The van der Waals surface area contributed by atoms with Crippen molar-refractivity contribution in [3.8, 4) is 18.1 Å². The predicted molar refractivity (Wildman–Crippen MR) is 70.0 cm³/mol. The number of hydrogen-bond donors (Lipinski definition) is 2. The van der Waals surface area contributed by atoms with Crippen LogP contribution in [-0.4, -0.2) is 35.7 Å². The summed E-state index contributed by atoms with van der Waals surface area (Å²) in [6.45, 7) is 2.62. The average Bonchev–Trinajstić information content (AvgIpc) is 2.37. The molecule has 1 aromatic carbocycles. The highest BCUT2D eigenvalue weighted by Gasteiger charge is 2.18. The van der Waals surface area contributed by atoms with Gasteiger partial charge in [0, 0.05) is 30.9 Å². The molecular formula is C14H17FN2O. The molecule has 0 radical (unpaired) electrons. The third-order valence-electron chi connectivity index (χ3n) is 3.22. The van der Waals surface area contributed by atoms with Gasteiger partial charge in [0.25, 0.3) is 0 Å². The van der Waals surface area contributed by atoms with Gasteiger partial charge in [0.1, 0.15) is 0 Å². The van der Waals surface area contributed by atoms with E-state index in [1.807, 2.05) is 0 Å². The monoisotopic (exact) mass is 248 g/mol. The Bertz CT molecular complexity index is 448. The van der Waals surface area contributed by atoms with E-state index >= 15 is 0 Å². The number of benzene rings is 1. The van der Waals surface area contributed by atoms with Crippen LogP contribution in [0.5, 0.6) is 5.75 Å². The summed E-state index contributed by atoms with van der Waals surface area (Å²) in [5.41, 5.74) is 0.709. The van der Waals surface area contributed by atoms with Gasteiger partial charge in [-0.15, -0.1) is 6.42 Å². The number of terminal acetylenes is 1. The molecule has 2 rings (SSSR count). The molecule has 0 aromatic heterocycles. The fourth-order valence-electron chi connectivity index (χ4n) is 2.20. The number of rotatable bonds is 3. The number of phenols is 1. The molecule has 1 heterocycles. The topological polar surface area (TPSA) is 35.5 Å². The molecule has 3 nitrogen and oxygen atoms in total. The van der Waals surface area contributed by atoms with Crippen LogP contribution in [0.2, 0.25) is 0 Å². The summed E-state index contributed by atoms with van der Waals surface area (Å²) in [6, 6.07) is 4.71. The maximum Gasteiger partial charge on any atom is 0.166 e. The van der Waals surface area contributed by atoms with Crippen LogP contribution in [-0.2, 0) is 0 Å². The molecule has 1 saturated heterocycles. The number of phenolic OH excluding ortho intramolecular Hbond substituents is 1. The molecule has 1 aliphatic heterocycles. The fraction of sp³-hybridized carbons (Fsp3) is 0.429. The first-order valence-corrected chi connectivity index (χ1v) is 6.10. The van der Waals surface area contributed by atoms with E-state index in [1.165, 1.54) is 12.1 Å². The first-order chi connectivity index (χ1) is 8.69. The van der Waals surface area contributed by atoms with Crippen LogP contribution >= 0.6 is 0 Å². The van der Waals surface area contributed by atoms with E-state index in [0.717, 1.165) is 25.9 Å². The first-order valence-electron chi connectivity index (χ1n) is 6.10. The molecule has 0 aliphatic carbocycles. The molecule has 0 atom stereocenters. The van der Waals surface area contributed by atoms with Gasteiger partial charge in [-0.3, -0.25) is 4.90 Å². The number of piperidine rings is 1. The summed E-state index contributed by atoms with van der Waals surface area (Å²) in [5, 5.41) is 12.4. The van der Waals surface area contributed by atoms with E-state index in [2.05, 4.69) is 16.1 Å². The lowest BCUT2D eigenvalue weighted by Crippen LogP contribution is -2.39. The van der Waals surface area contributed by atoms with E-state index in [9.17, 15) is 4.39 Å². The summed E-state index contributed by atoms with van der Waals surface area (Å²) in [5.74, 6) is 1.74. The number of aromatic hydroxyl groups is 1. The minimum Gasteiger partial charge on any atom is -0.505 e. The Kier molecular flexibility index (Phi) is 4.06. The Labute approximate surface area is 107 Å². The maximum atomic E-state index is 13.2. The zero-order valence-corrected chi connectivity index (χ0v) is 10.2. The highest BCUT2D eigenvalue weighted by Crippen LogP contribution is 2.22. The number of anilines is 1. The van der Waals surface area contributed by atoms with Crippen molar-refractivity contribution >= 4 is 5.69 Å². The van der Waals surface area contributed by atoms with Crippen molar-refractivity contribution in [3.05, 3.63) is 24.0 Å². The second-order valence-electron chi connectivity index (χ2n) is 4.57. The lowest BCUT2D eigenvalue weighted by Gasteiger charge is -2.31. The molecule has 0 bridgehead atoms. The van der Waals surface area contributed by atoms with Gasteiger partial charge in [-0.1, -0.05) is 5.92 Å². The molecule has 96 valence electrons. The largest absolute Gasteiger partial charge is 0.505 e. The van der Waals surface area contributed by atoms with Crippen LogP contribution < -0.4 is 5.32 Å². The zero-order valence-electron chi connectivity index (χ0n) is 10.2. The predicted octanol–water partition coefficient (Wildman–Crippen LogP) is 2.04. The van der Waals surface area contributed by atoms with E-state index < -0.39 is 5.82 Å². The third-order valence-corrected chi connectivity index (χ3v) is 3.22. The summed E-state index contributed by atoms with van der Waals surface area (Å²) in [6.07, 6.45) is 7.26. The van der Waals surface area contributed by atoms with Crippen molar-refractivity contribution in [2.75, 3.05) is 25.0 Å². The molecule has 18 heavy (non-hydrogen) atoms. The van der Waals surface area contributed by atoms with Gasteiger partial charge in [-0.2, -0.15) is 0 Å². The van der Waals surface area contributed by atoms with Crippen molar-refractivity contribution < 1.29 is 9.50 Å². The number of halogens is 1. The Balaban J connectivity index is 1.88. The Morgan fingerprint density at radius 3 is 2.78 bits per heavy atom. The number of likely N-dealkylation sites (tertiary alicyclic amines) is 1. The Morgan fingerprint density at radius 2 is 2.17 bits per heavy atom. The van der Waals surface area contributed by atoms with Gasteiger partial charge in [-0.25, -0.2) is 4.39 Å². The third kappa shape index (κ3) is 3.14. The quantitative estimate of drug-likeness (QED) is 0.634. The van der Waals surface area contributed by atoms with Crippen molar-refractivity contribution in [2.24, 2.45) is 0 Å². The summed E-state index contributed by atoms with van der Waals surface area (Å²) < 4.78 is 13.2. The molecule has 2 N–H and O–H groups in total. The SMILES string of the molecule is C#CCN1CCC(Nc2ccc(O)c(F)c2)CC1. The number of nitrogens with zero attached hydrogens (tertiary/aromatic N) is 1. The van der Waals surface area contributed by atoms with Crippen molar-refractivity contribution in [1.82, 2.24) is 4.90 Å². The molecule has 1 aliphatic rings. The van der Waals surface area contributed by atoms with Crippen LogP contribution in [0.15, 0.2) is 18.2 Å².